The van der Waals surface area contributed by atoms with Crippen molar-refractivity contribution in [1.82, 2.24) is 20.0 Å². The van der Waals surface area contributed by atoms with E-state index in [9.17, 15) is 15.0 Å². The number of aryl methyl sites for hydroxylation is 1. The highest BCUT2D eigenvalue weighted by atomic mass is 16.3. The smallest absolute Gasteiger partial charge is 0.356 e. The van der Waals surface area contributed by atoms with Gasteiger partial charge >= 0.3 is 5.69 Å². The van der Waals surface area contributed by atoms with Crippen molar-refractivity contribution in [2.24, 2.45) is 0 Å². The number of benzene rings is 1. The van der Waals surface area contributed by atoms with Gasteiger partial charge in [0.1, 0.15) is 5.82 Å². The molecular weight excluding hydrogens is 274 g/mol. The zero-order valence-electron chi connectivity index (χ0n) is 11.4. The molecule has 0 radical (unpaired) electrons. The third-order valence-corrected chi connectivity index (χ3v) is 2.65. The van der Waals surface area contributed by atoms with Crippen LogP contribution in [0.25, 0.3) is 5.69 Å². The largest absolute Gasteiger partial charge is 0.504 e. The van der Waals surface area contributed by atoms with Gasteiger partial charge in [-0.05, 0) is 19.1 Å². The normalized spacial score (nSPS) is 10.3. The molecule has 0 bridgehead atoms. The molecule has 2 aromatic rings. The number of nitrogens with zero attached hydrogens (tertiary/aromatic N) is 3. The highest BCUT2D eigenvalue weighted by Crippen LogP contribution is 2.26. The van der Waals surface area contributed by atoms with E-state index in [2.05, 4.69) is 27.4 Å². The molecule has 8 nitrogen and oxygen atoms in total. The Kier molecular flexibility index (Phi) is 4.19. The number of rotatable bonds is 5. The lowest BCUT2D eigenvalue weighted by Gasteiger charge is -2.11. The second kappa shape index (κ2) is 6.06. The molecule has 4 N–H and O–H groups in total. The van der Waals surface area contributed by atoms with Gasteiger partial charge in [-0.2, -0.15) is 9.97 Å². The SMILES string of the molecule is C=CCNNc1nc(C)n(-c2ccc(O)c(O)c2)c(=O)n1. The third kappa shape index (κ3) is 3.18. The maximum Gasteiger partial charge on any atom is 0.356 e. The van der Waals surface area contributed by atoms with Crippen LogP contribution in [0, 0.1) is 6.92 Å². The number of hydrogen-bond acceptors (Lipinski definition) is 7. The zero-order chi connectivity index (χ0) is 15.4. The average Bonchev–Trinajstić information content (AvgIpc) is 2.42. The minimum atomic E-state index is -0.560. The van der Waals surface area contributed by atoms with Gasteiger partial charge in [-0.25, -0.2) is 14.8 Å². The van der Waals surface area contributed by atoms with Crippen LogP contribution in [0.1, 0.15) is 5.82 Å². The Morgan fingerprint density at radius 1 is 1.33 bits per heavy atom. The number of aromatic hydroxyl groups is 2. The predicted molar refractivity (Wildman–Crippen MR) is 77.5 cm³/mol. The van der Waals surface area contributed by atoms with E-state index in [-0.39, 0.29) is 17.4 Å². The highest BCUT2D eigenvalue weighted by Gasteiger charge is 2.10. The Labute approximate surface area is 120 Å². The van der Waals surface area contributed by atoms with Gasteiger partial charge in [-0.15, -0.1) is 6.58 Å². The molecule has 1 aromatic carbocycles. The van der Waals surface area contributed by atoms with E-state index in [1.54, 1.807) is 13.0 Å². The molecule has 0 aliphatic rings. The van der Waals surface area contributed by atoms with Gasteiger partial charge in [-0.1, -0.05) is 6.08 Å². The fourth-order valence-electron chi connectivity index (χ4n) is 1.71. The molecular formula is C13H15N5O3. The van der Waals surface area contributed by atoms with E-state index in [4.69, 9.17) is 0 Å². The summed E-state index contributed by atoms with van der Waals surface area (Å²) in [6.07, 6.45) is 1.64. The van der Waals surface area contributed by atoms with E-state index < -0.39 is 5.69 Å². The summed E-state index contributed by atoms with van der Waals surface area (Å²) in [4.78, 5) is 20.0. The Hall–Kier alpha value is -2.87. The van der Waals surface area contributed by atoms with Crippen molar-refractivity contribution in [3.63, 3.8) is 0 Å². The first kappa shape index (κ1) is 14.5. The molecule has 0 spiro atoms. The Balaban J connectivity index is 2.38. The van der Waals surface area contributed by atoms with Crippen LogP contribution >= 0.6 is 0 Å². The van der Waals surface area contributed by atoms with E-state index in [0.29, 0.717) is 18.1 Å². The number of hydrogen-bond donors (Lipinski definition) is 4. The van der Waals surface area contributed by atoms with Crippen molar-refractivity contribution in [1.29, 1.82) is 0 Å². The number of phenolic OH excluding ortho intramolecular Hbond substituents is 2. The van der Waals surface area contributed by atoms with E-state index in [0.717, 1.165) is 0 Å². The standard InChI is InChI=1S/C13H15N5O3/c1-3-6-14-17-12-15-8(2)18(13(21)16-12)9-4-5-10(19)11(20)7-9/h3-5,7,14,19-20H,1,6H2,2H3,(H,16,17,21). The molecule has 0 saturated carbocycles. The molecule has 8 heteroatoms. The summed E-state index contributed by atoms with van der Waals surface area (Å²) in [5.74, 6) is -0.0764. The van der Waals surface area contributed by atoms with E-state index in [1.165, 1.54) is 22.8 Å². The quantitative estimate of drug-likeness (QED) is 0.273. The van der Waals surface area contributed by atoms with Gasteiger partial charge in [0, 0.05) is 12.6 Å². The zero-order valence-corrected chi connectivity index (χ0v) is 11.4. The second-order valence-corrected chi connectivity index (χ2v) is 4.18. The molecule has 110 valence electrons. The number of anilines is 1. The summed E-state index contributed by atoms with van der Waals surface area (Å²) >= 11 is 0. The average molecular weight is 289 g/mol. The molecule has 0 amide bonds. The summed E-state index contributed by atoms with van der Waals surface area (Å²) in [6, 6.07) is 4.03. The van der Waals surface area contributed by atoms with Crippen molar-refractivity contribution in [2.75, 3.05) is 12.0 Å². The van der Waals surface area contributed by atoms with Crippen molar-refractivity contribution < 1.29 is 10.2 Å². The summed E-state index contributed by atoms with van der Waals surface area (Å²) in [5, 5.41) is 18.8. The molecule has 2 rings (SSSR count). The fourth-order valence-corrected chi connectivity index (χ4v) is 1.71. The monoisotopic (exact) mass is 289 g/mol. The number of nitrogens with one attached hydrogen (secondary N) is 2. The molecule has 0 fully saturated rings. The first-order valence-electron chi connectivity index (χ1n) is 6.12. The summed E-state index contributed by atoms with van der Waals surface area (Å²) in [7, 11) is 0. The van der Waals surface area contributed by atoms with Crippen LogP contribution < -0.4 is 16.5 Å². The summed E-state index contributed by atoms with van der Waals surface area (Å²) in [5.41, 5.74) is 5.25. The Morgan fingerprint density at radius 3 is 2.71 bits per heavy atom. The summed E-state index contributed by atoms with van der Waals surface area (Å²) in [6.45, 7) is 5.66. The topological polar surface area (TPSA) is 112 Å². The first-order chi connectivity index (χ1) is 10.0. The van der Waals surface area contributed by atoms with E-state index in [1.807, 2.05) is 0 Å². The molecule has 0 aliphatic heterocycles. The summed E-state index contributed by atoms with van der Waals surface area (Å²) < 4.78 is 1.22. The second-order valence-electron chi connectivity index (χ2n) is 4.18. The van der Waals surface area contributed by atoms with Crippen LogP contribution in [0.3, 0.4) is 0 Å². The minimum Gasteiger partial charge on any atom is -0.504 e. The van der Waals surface area contributed by atoms with Gasteiger partial charge in [0.25, 0.3) is 0 Å². The predicted octanol–water partition coefficient (Wildman–Crippen LogP) is 0.450. The van der Waals surface area contributed by atoms with Gasteiger partial charge in [0.2, 0.25) is 5.95 Å². The molecule has 1 aromatic heterocycles. The van der Waals surface area contributed by atoms with E-state index >= 15 is 0 Å². The van der Waals surface area contributed by atoms with Crippen molar-refractivity contribution in [3.05, 3.63) is 47.2 Å². The first-order valence-corrected chi connectivity index (χ1v) is 6.12. The molecule has 0 aliphatic carbocycles. The molecule has 0 saturated heterocycles. The Morgan fingerprint density at radius 2 is 2.10 bits per heavy atom. The maximum absolute atomic E-state index is 12.1. The lowest BCUT2D eigenvalue weighted by molar-refractivity contribution is 0.403. The fraction of sp³-hybridized carbons (Fsp3) is 0.154. The van der Waals surface area contributed by atoms with Gasteiger partial charge < -0.3 is 10.2 Å². The van der Waals surface area contributed by atoms with Gasteiger partial charge in [-0.3, -0.25) is 5.43 Å². The van der Waals surface area contributed by atoms with Crippen LogP contribution in [0.15, 0.2) is 35.6 Å². The molecule has 21 heavy (non-hydrogen) atoms. The van der Waals surface area contributed by atoms with Crippen molar-refractivity contribution in [2.45, 2.75) is 6.92 Å². The highest BCUT2D eigenvalue weighted by molar-refractivity contribution is 5.47. The van der Waals surface area contributed by atoms with Crippen LogP contribution in [0.5, 0.6) is 11.5 Å². The lowest BCUT2D eigenvalue weighted by atomic mass is 10.2. The number of aromatic nitrogens is 3. The molecule has 0 unspecified atom stereocenters. The number of phenols is 2. The van der Waals surface area contributed by atoms with Crippen LogP contribution in [-0.4, -0.2) is 31.3 Å². The minimum absolute atomic E-state index is 0.138. The maximum atomic E-state index is 12.1. The number of hydrazine groups is 1. The third-order valence-electron chi connectivity index (χ3n) is 2.65. The molecule has 1 heterocycles. The van der Waals surface area contributed by atoms with Crippen LogP contribution in [0.4, 0.5) is 5.95 Å². The molecule has 0 atom stereocenters. The van der Waals surface area contributed by atoms with Gasteiger partial charge in [0.05, 0.1) is 5.69 Å². The van der Waals surface area contributed by atoms with Gasteiger partial charge in [0.15, 0.2) is 11.5 Å². The van der Waals surface area contributed by atoms with Crippen LogP contribution in [0.2, 0.25) is 0 Å². The lowest BCUT2D eigenvalue weighted by Crippen LogP contribution is -2.30. The van der Waals surface area contributed by atoms with Crippen molar-refractivity contribution in [3.8, 4) is 17.2 Å². The van der Waals surface area contributed by atoms with Crippen molar-refractivity contribution >= 4 is 5.95 Å². The Bertz CT molecular complexity index is 726. The van der Waals surface area contributed by atoms with Crippen LogP contribution in [-0.2, 0) is 0 Å².